The van der Waals surface area contributed by atoms with Gasteiger partial charge in [0.05, 0.1) is 0 Å². The van der Waals surface area contributed by atoms with Crippen molar-refractivity contribution in [1.82, 2.24) is 0 Å². The van der Waals surface area contributed by atoms with Crippen LogP contribution in [-0.2, 0) is 12.3 Å². The van der Waals surface area contributed by atoms with Gasteiger partial charge in [-0.1, -0.05) is 51.0 Å². The molecule has 2 aromatic carbocycles. The first kappa shape index (κ1) is 33.3. The second-order valence-corrected chi connectivity index (χ2v) is 25.3. The van der Waals surface area contributed by atoms with Crippen LogP contribution in [0.2, 0.25) is 52.4 Å². The lowest BCUT2D eigenvalue weighted by atomic mass is 10.2. The van der Waals surface area contributed by atoms with Crippen molar-refractivity contribution in [2.24, 2.45) is 0 Å². The fourth-order valence-corrected chi connectivity index (χ4v) is 22.7. The van der Waals surface area contributed by atoms with Crippen molar-refractivity contribution in [1.29, 1.82) is 0 Å². The monoisotopic (exact) mass is 542 g/mol. The van der Waals surface area contributed by atoms with E-state index in [0.29, 0.717) is 0 Å². The third kappa shape index (κ3) is 10.1. The Labute approximate surface area is 220 Å². The molecule has 0 saturated heterocycles. The third-order valence-electron chi connectivity index (χ3n) is 5.19. The van der Waals surface area contributed by atoms with Crippen LogP contribution < -0.4 is 10.4 Å². The number of rotatable bonds is 8. The van der Waals surface area contributed by atoms with Crippen LogP contribution in [0.4, 0.5) is 0 Å². The van der Waals surface area contributed by atoms with E-state index in [1.807, 2.05) is 13.8 Å². The highest BCUT2D eigenvalue weighted by Crippen LogP contribution is 2.24. The van der Waals surface area contributed by atoms with Crippen molar-refractivity contribution in [3.8, 4) is 23.7 Å². The molecule has 0 aromatic heterocycles. The molecule has 0 amide bonds. The standard InChI is InChI=1S/C26H38O3Si4.2CH4/c1-11-13-23-15-19-25(20-16-23)30(3,4)27-32(7,8)29-33(9,10)28-31(5,6)26-21-17-24(14-12-2)18-22-26;;/h15-22H,1-10H3;2*1H4. The predicted octanol–water partition coefficient (Wildman–Crippen LogP) is 6.68. The van der Waals surface area contributed by atoms with Gasteiger partial charge in [0.2, 0.25) is 16.6 Å². The zero-order chi connectivity index (χ0) is 24.9. The van der Waals surface area contributed by atoms with E-state index in [4.69, 9.17) is 12.3 Å². The second-order valence-electron chi connectivity index (χ2n) is 10.0. The summed E-state index contributed by atoms with van der Waals surface area (Å²) in [6.07, 6.45) is 0. The molecule has 0 fully saturated rings. The molecule has 0 spiro atoms. The van der Waals surface area contributed by atoms with E-state index >= 15 is 0 Å². The summed E-state index contributed by atoms with van der Waals surface area (Å²) in [4.78, 5) is 0. The molecule has 35 heavy (non-hydrogen) atoms. The zero-order valence-electron chi connectivity index (χ0n) is 21.8. The van der Waals surface area contributed by atoms with E-state index in [0.717, 1.165) is 11.1 Å². The molecule has 0 heterocycles. The molecule has 0 bridgehead atoms. The average Bonchev–Trinajstić information content (AvgIpc) is 2.66. The first-order chi connectivity index (χ1) is 15.2. The third-order valence-corrected chi connectivity index (χ3v) is 20.6. The lowest BCUT2D eigenvalue weighted by Crippen LogP contribution is -2.60. The van der Waals surface area contributed by atoms with Crippen LogP contribution in [0.25, 0.3) is 0 Å². The minimum atomic E-state index is -2.43. The van der Waals surface area contributed by atoms with Gasteiger partial charge in [0.25, 0.3) is 0 Å². The summed E-state index contributed by atoms with van der Waals surface area (Å²) in [6, 6.07) is 16.9. The summed E-state index contributed by atoms with van der Waals surface area (Å²) in [5, 5.41) is 2.50. The predicted molar refractivity (Wildman–Crippen MR) is 164 cm³/mol. The average molecular weight is 543 g/mol. The molecule has 0 aliphatic rings. The molecule has 0 unspecified atom stereocenters. The van der Waals surface area contributed by atoms with Crippen molar-refractivity contribution >= 4 is 44.1 Å². The Kier molecular flexibility index (Phi) is 12.4. The highest BCUT2D eigenvalue weighted by Gasteiger charge is 2.44. The highest BCUT2D eigenvalue weighted by molar-refractivity contribution is 6.95. The Bertz CT molecular complexity index is 978. The van der Waals surface area contributed by atoms with Gasteiger partial charge in [0, 0.05) is 11.1 Å². The Morgan fingerprint density at radius 2 is 0.771 bits per heavy atom. The Morgan fingerprint density at radius 3 is 1.03 bits per heavy atom. The number of hydrogen-bond donors (Lipinski definition) is 0. The molecule has 0 saturated carbocycles. The smallest absolute Gasteiger partial charge is 0.312 e. The normalized spacial score (nSPS) is 11.7. The lowest BCUT2D eigenvalue weighted by molar-refractivity contribution is 0.334. The van der Waals surface area contributed by atoms with Crippen LogP contribution in [0.3, 0.4) is 0 Å². The molecule has 2 aromatic rings. The summed E-state index contributed by atoms with van der Waals surface area (Å²) in [5.41, 5.74) is 2.06. The first-order valence-electron chi connectivity index (χ1n) is 11.4. The van der Waals surface area contributed by atoms with Gasteiger partial charge in [0.15, 0.2) is 0 Å². The molecule has 0 aliphatic carbocycles. The summed E-state index contributed by atoms with van der Waals surface area (Å²) in [7, 11) is -9.15. The zero-order valence-corrected chi connectivity index (χ0v) is 25.8. The van der Waals surface area contributed by atoms with Crippen LogP contribution in [0.15, 0.2) is 48.5 Å². The Morgan fingerprint density at radius 1 is 0.486 bits per heavy atom. The topological polar surface area (TPSA) is 27.7 Å². The van der Waals surface area contributed by atoms with Crippen molar-refractivity contribution in [2.45, 2.75) is 81.1 Å². The highest BCUT2D eigenvalue weighted by atomic mass is 28.5. The van der Waals surface area contributed by atoms with Crippen LogP contribution in [0.5, 0.6) is 0 Å². The quantitative estimate of drug-likeness (QED) is 0.275. The molecule has 0 aliphatic heterocycles. The molecule has 3 nitrogen and oxygen atoms in total. The largest absolute Gasteiger partial charge is 0.433 e. The Balaban J connectivity index is 0.00000578. The molecular weight excluding hydrogens is 497 g/mol. The van der Waals surface area contributed by atoms with E-state index in [9.17, 15) is 0 Å². The minimum Gasteiger partial charge on any atom is -0.433 e. The Hall–Kier alpha value is -1.69. The van der Waals surface area contributed by atoms with Gasteiger partial charge in [-0.05, 0) is 101 Å². The molecule has 192 valence electrons. The second kappa shape index (κ2) is 13.0. The van der Waals surface area contributed by atoms with Gasteiger partial charge in [0.1, 0.15) is 0 Å². The summed E-state index contributed by atoms with van der Waals surface area (Å²) in [5.74, 6) is 12.1. The lowest BCUT2D eigenvalue weighted by Gasteiger charge is -2.41. The molecule has 7 heteroatoms. The SMILES string of the molecule is C.C.CC#Cc1ccc([Si](C)(C)O[Si](C)(C)O[Si](C)(C)O[Si](C)(C)c2ccc(C#CC)cc2)cc1. The van der Waals surface area contributed by atoms with Crippen molar-refractivity contribution in [3.05, 3.63) is 59.7 Å². The van der Waals surface area contributed by atoms with E-state index in [-0.39, 0.29) is 14.9 Å². The fourth-order valence-electron chi connectivity index (χ4n) is 4.18. The van der Waals surface area contributed by atoms with E-state index in [1.54, 1.807) is 0 Å². The summed E-state index contributed by atoms with van der Waals surface area (Å²) in [6.45, 7) is 21.2. The van der Waals surface area contributed by atoms with Crippen LogP contribution in [0, 0.1) is 23.7 Å². The molecule has 0 radical (unpaired) electrons. The summed E-state index contributed by atoms with van der Waals surface area (Å²) >= 11 is 0. The molecule has 0 atom stereocenters. The number of benzene rings is 2. The maximum Gasteiger partial charge on any atom is 0.312 e. The maximum absolute atomic E-state index is 6.78. The molecular formula is C28H46O3Si4. The van der Waals surface area contributed by atoms with Crippen LogP contribution in [-0.4, -0.2) is 33.8 Å². The fraction of sp³-hybridized carbons (Fsp3) is 0.429. The van der Waals surface area contributed by atoms with E-state index < -0.39 is 33.8 Å². The van der Waals surface area contributed by atoms with Gasteiger partial charge >= 0.3 is 17.1 Å². The maximum atomic E-state index is 6.78. The van der Waals surface area contributed by atoms with E-state index in [2.05, 4.69) is 125 Å². The minimum absolute atomic E-state index is 0. The van der Waals surface area contributed by atoms with Gasteiger partial charge in [-0.3, -0.25) is 0 Å². The van der Waals surface area contributed by atoms with Gasteiger partial charge in [-0.2, -0.15) is 0 Å². The van der Waals surface area contributed by atoms with Gasteiger partial charge < -0.3 is 12.3 Å². The molecule has 2 rings (SSSR count). The van der Waals surface area contributed by atoms with E-state index in [1.165, 1.54) is 10.4 Å². The van der Waals surface area contributed by atoms with Crippen molar-refractivity contribution < 1.29 is 12.3 Å². The van der Waals surface area contributed by atoms with Crippen molar-refractivity contribution in [2.75, 3.05) is 0 Å². The van der Waals surface area contributed by atoms with Gasteiger partial charge in [-0.15, -0.1) is 11.8 Å². The first-order valence-corrected chi connectivity index (χ1v) is 22.8. The van der Waals surface area contributed by atoms with Crippen LogP contribution >= 0.6 is 0 Å². The van der Waals surface area contributed by atoms with Crippen LogP contribution in [0.1, 0.15) is 39.8 Å². The number of hydrogen-bond acceptors (Lipinski definition) is 3. The summed E-state index contributed by atoms with van der Waals surface area (Å²) < 4.78 is 20.3. The van der Waals surface area contributed by atoms with Crippen molar-refractivity contribution in [3.63, 3.8) is 0 Å². The molecule has 0 N–H and O–H groups in total. The van der Waals surface area contributed by atoms with Gasteiger partial charge in [-0.25, -0.2) is 0 Å².